The van der Waals surface area contributed by atoms with E-state index in [0.29, 0.717) is 12.0 Å². The van der Waals surface area contributed by atoms with Crippen LogP contribution in [-0.4, -0.2) is 29.8 Å². The molecule has 3 fully saturated rings. The van der Waals surface area contributed by atoms with Crippen molar-refractivity contribution in [1.29, 1.82) is 0 Å². The lowest BCUT2D eigenvalue weighted by Crippen LogP contribution is -2.68. The molecule has 0 radical (unpaired) electrons. The van der Waals surface area contributed by atoms with E-state index in [4.69, 9.17) is 4.74 Å². The van der Waals surface area contributed by atoms with Crippen LogP contribution in [0.1, 0.15) is 51.0 Å². The number of amides is 1. The smallest absolute Gasteiger partial charge is 0.223 e. The Balaban J connectivity index is 1.44. The van der Waals surface area contributed by atoms with Gasteiger partial charge in [-0.2, -0.15) is 0 Å². The number of benzene rings is 1. The van der Waals surface area contributed by atoms with Crippen molar-refractivity contribution in [2.75, 3.05) is 6.61 Å². The van der Waals surface area contributed by atoms with Crippen molar-refractivity contribution in [1.82, 2.24) is 5.32 Å². The van der Waals surface area contributed by atoms with Gasteiger partial charge in [0.2, 0.25) is 5.91 Å². The average Bonchev–Trinajstić information content (AvgIpc) is 3.22. The Bertz CT molecular complexity index is 607. The summed E-state index contributed by atoms with van der Waals surface area (Å²) in [5.41, 5.74) is -0.190. The number of aliphatic hydroxyl groups is 1. The summed E-state index contributed by atoms with van der Waals surface area (Å²) in [5, 5.41) is 14.0. The first-order valence-corrected chi connectivity index (χ1v) is 9.22. The van der Waals surface area contributed by atoms with Crippen LogP contribution in [-0.2, 0) is 15.1 Å². The van der Waals surface area contributed by atoms with Crippen LogP contribution in [0.4, 0.5) is 0 Å². The van der Waals surface area contributed by atoms with Gasteiger partial charge in [-0.05, 0) is 31.7 Å². The summed E-state index contributed by atoms with van der Waals surface area (Å²) < 4.78 is 5.97. The van der Waals surface area contributed by atoms with E-state index in [1.54, 1.807) is 6.92 Å². The van der Waals surface area contributed by atoms with Gasteiger partial charge in [0.05, 0.1) is 18.1 Å². The first-order chi connectivity index (χ1) is 11.5. The zero-order chi connectivity index (χ0) is 16.8. The highest BCUT2D eigenvalue weighted by Crippen LogP contribution is 2.60. The lowest BCUT2D eigenvalue weighted by molar-refractivity contribution is -0.148. The van der Waals surface area contributed by atoms with Crippen molar-refractivity contribution in [3.8, 4) is 0 Å². The van der Waals surface area contributed by atoms with Crippen LogP contribution in [0.15, 0.2) is 30.3 Å². The zero-order valence-corrected chi connectivity index (χ0v) is 14.3. The number of hydrogen-bond acceptors (Lipinski definition) is 3. The number of fused-ring (bicyclic) bond motifs is 2. The first kappa shape index (κ1) is 16.1. The third-order valence-corrected chi connectivity index (χ3v) is 6.50. The van der Waals surface area contributed by atoms with E-state index in [0.717, 1.165) is 31.4 Å². The highest BCUT2D eigenvalue weighted by molar-refractivity contribution is 5.78. The molecule has 1 aromatic rings. The van der Waals surface area contributed by atoms with Crippen molar-refractivity contribution >= 4 is 5.91 Å². The maximum absolute atomic E-state index is 12.7. The van der Waals surface area contributed by atoms with Crippen LogP contribution in [0.2, 0.25) is 0 Å². The van der Waals surface area contributed by atoms with Gasteiger partial charge in [-0.25, -0.2) is 0 Å². The minimum absolute atomic E-state index is 0.0505. The summed E-state index contributed by atoms with van der Waals surface area (Å²) in [6.45, 7) is 2.54. The molecule has 1 amide bonds. The molecule has 2 N–H and O–H groups in total. The van der Waals surface area contributed by atoms with Gasteiger partial charge in [0.1, 0.15) is 0 Å². The second-order valence-electron chi connectivity index (χ2n) is 8.05. The maximum atomic E-state index is 12.7. The van der Waals surface area contributed by atoms with E-state index in [9.17, 15) is 9.90 Å². The van der Waals surface area contributed by atoms with Gasteiger partial charge in [-0.15, -0.1) is 0 Å². The Morgan fingerprint density at radius 3 is 2.75 bits per heavy atom. The van der Waals surface area contributed by atoms with Crippen LogP contribution in [0, 0.1) is 11.3 Å². The molecule has 24 heavy (non-hydrogen) atoms. The van der Waals surface area contributed by atoms with Gasteiger partial charge >= 0.3 is 0 Å². The van der Waals surface area contributed by atoms with E-state index < -0.39 is 5.60 Å². The monoisotopic (exact) mass is 329 g/mol. The van der Waals surface area contributed by atoms with E-state index in [-0.39, 0.29) is 23.8 Å². The molecule has 1 aliphatic heterocycles. The molecule has 0 aromatic heterocycles. The number of nitrogens with one attached hydrogen (secondary N) is 1. The number of hydrogen-bond donors (Lipinski definition) is 2. The third kappa shape index (κ3) is 2.47. The molecule has 4 nitrogen and oxygen atoms in total. The fourth-order valence-electron chi connectivity index (χ4n) is 5.34. The second kappa shape index (κ2) is 5.85. The number of ether oxygens (including phenoxy) is 1. The SMILES string of the molecule is CC(O)(CC(=O)NC1C2CCOC2C12CCCC2)c1ccccc1. The molecule has 1 heterocycles. The van der Waals surface area contributed by atoms with Crippen LogP contribution < -0.4 is 5.32 Å². The zero-order valence-electron chi connectivity index (χ0n) is 14.3. The molecule has 4 heteroatoms. The largest absolute Gasteiger partial charge is 0.385 e. The summed E-state index contributed by atoms with van der Waals surface area (Å²) in [5.74, 6) is 0.416. The Labute approximate surface area is 143 Å². The summed E-state index contributed by atoms with van der Waals surface area (Å²) in [4.78, 5) is 12.7. The molecule has 2 aliphatic carbocycles. The fraction of sp³-hybridized carbons (Fsp3) is 0.650. The molecule has 4 rings (SSSR count). The summed E-state index contributed by atoms with van der Waals surface area (Å²) >= 11 is 0. The normalized spacial score (nSPS) is 32.8. The van der Waals surface area contributed by atoms with Gasteiger partial charge < -0.3 is 15.2 Å². The lowest BCUT2D eigenvalue weighted by atomic mass is 9.54. The predicted octanol–water partition coefficient (Wildman–Crippen LogP) is 2.75. The van der Waals surface area contributed by atoms with Gasteiger partial charge in [0.25, 0.3) is 0 Å². The lowest BCUT2D eigenvalue weighted by Gasteiger charge is -2.57. The van der Waals surface area contributed by atoms with Crippen LogP contribution in [0.25, 0.3) is 0 Å². The van der Waals surface area contributed by atoms with E-state index in [1.807, 2.05) is 30.3 Å². The minimum atomic E-state index is -1.14. The Morgan fingerprint density at radius 2 is 2.04 bits per heavy atom. The second-order valence-corrected chi connectivity index (χ2v) is 8.05. The van der Waals surface area contributed by atoms with E-state index in [2.05, 4.69) is 5.32 Å². The molecule has 4 unspecified atom stereocenters. The standard InChI is InChI=1S/C20H27NO3/c1-19(23,14-7-3-2-4-8-14)13-16(22)21-17-15-9-12-24-18(15)20(17)10-5-6-11-20/h2-4,7-8,15,17-18,23H,5-6,9-13H2,1H3,(H,21,22). The molecular weight excluding hydrogens is 302 g/mol. The Hall–Kier alpha value is -1.39. The van der Waals surface area contributed by atoms with Gasteiger partial charge in [0, 0.05) is 24.0 Å². The van der Waals surface area contributed by atoms with Crippen LogP contribution in [0.3, 0.4) is 0 Å². The van der Waals surface area contributed by atoms with Crippen molar-refractivity contribution in [2.24, 2.45) is 11.3 Å². The Kier molecular flexibility index (Phi) is 3.92. The topological polar surface area (TPSA) is 58.6 Å². The molecule has 3 aliphatic rings. The maximum Gasteiger partial charge on any atom is 0.223 e. The minimum Gasteiger partial charge on any atom is -0.385 e. The number of carbonyl (C=O) groups is 1. The third-order valence-electron chi connectivity index (χ3n) is 6.50. The van der Waals surface area contributed by atoms with Crippen LogP contribution in [0.5, 0.6) is 0 Å². The van der Waals surface area contributed by atoms with Gasteiger partial charge in [-0.1, -0.05) is 43.2 Å². The van der Waals surface area contributed by atoms with Crippen molar-refractivity contribution in [2.45, 2.75) is 63.2 Å². The van der Waals surface area contributed by atoms with Crippen molar-refractivity contribution < 1.29 is 14.6 Å². The predicted molar refractivity (Wildman–Crippen MR) is 91.3 cm³/mol. The Morgan fingerprint density at radius 1 is 1.33 bits per heavy atom. The van der Waals surface area contributed by atoms with Gasteiger partial charge in [0.15, 0.2) is 0 Å². The van der Waals surface area contributed by atoms with Crippen LogP contribution >= 0.6 is 0 Å². The average molecular weight is 329 g/mol. The molecule has 4 atom stereocenters. The van der Waals surface area contributed by atoms with Crippen molar-refractivity contribution in [3.63, 3.8) is 0 Å². The highest BCUT2D eigenvalue weighted by Gasteiger charge is 2.65. The molecular formula is C20H27NO3. The molecule has 1 saturated heterocycles. The molecule has 2 saturated carbocycles. The summed E-state index contributed by atoms with van der Waals surface area (Å²) in [6, 6.07) is 9.67. The molecule has 1 aromatic carbocycles. The van der Waals surface area contributed by atoms with Gasteiger partial charge in [-0.3, -0.25) is 4.79 Å². The molecule has 0 bridgehead atoms. The van der Waals surface area contributed by atoms with Crippen molar-refractivity contribution in [3.05, 3.63) is 35.9 Å². The quantitative estimate of drug-likeness (QED) is 0.893. The fourth-order valence-corrected chi connectivity index (χ4v) is 5.34. The molecule has 130 valence electrons. The highest BCUT2D eigenvalue weighted by atomic mass is 16.5. The number of carbonyl (C=O) groups excluding carboxylic acids is 1. The summed E-state index contributed by atoms with van der Waals surface area (Å²) in [7, 11) is 0. The summed E-state index contributed by atoms with van der Waals surface area (Å²) in [6.07, 6.45) is 6.29. The number of rotatable bonds is 4. The van der Waals surface area contributed by atoms with E-state index >= 15 is 0 Å². The van der Waals surface area contributed by atoms with E-state index in [1.165, 1.54) is 12.8 Å². The molecule has 1 spiro atoms. The first-order valence-electron chi connectivity index (χ1n) is 9.22.